The Morgan fingerprint density at radius 3 is 2.44 bits per heavy atom. The maximum Gasteiger partial charge on any atom is 0.336 e. The first kappa shape index (κ1) is 12.2. The average molecular weight is 221 g/mol. The van der Waals surface area contributed by atoms with Gasteiger partial charge in [-0.2, -0.15) is 0 Å². The van der Waals surface area contributed by atoms with E-state index in [0.717, 1.165) is 4.74 Å². The molecule has 0 heterocycles. The molecule has 1 rings (SSSR count). The Morgan fingerprint density at radius 2 is 1.94 bits per heavy atom. The normalized spacial score (nSPS) is 12.6. The Kier molecular flexibility index (Phi) is 3.32. The molecule has 0 bridgehead atoms. The molecule has 16 heavy (non-hydrogen) atoms. The molecule has 0 spiro atoms. The molecule has 4 heteroatoms. The Morgan fingerprint density at radius 1 is 1.38 bits per heavy atom. The molecule has 0 aromatic heterocycles. The number of hydrogen-bond donors (Lipinski definition) is 1. The summed E-state index contributed by atoms with van der Waals surface area (Å²) in [5.74, 6) is -1.03. The van der Waals surface area contributed by atoms with Gasteiger partial charge in [-0.05, 0) is 12.1 Å². The molecule has 0 unspecified atom stereocenters. The van der Waals surface area contributed by atoms with Gasteiger partial charge in [0.05, 0.1) is 11.1 Å². The second-order valence-corrected chi connectivity index (χ2v) is 4.52. The van der Waals surface area contributed by atoms with E-state index in [1.54, 1.807) is 39.0 Å². The van der Waals surface area contributed by atoms with Crippen LogP contribution in [0.15, 0.2) is 24.3 Å². The summed E-state index contributed by atoms with van der Waals surface area (Å²) in [4.78, 5) is 10.9. The van der Waals surface area contributed by atoms with Crippen LogP contribution in [0.1, 0.15) is 36.7 Å². The van der Waals surface area contributed by atoms with Crippen molar-refractivity contribution in [1.82, 2.24) is 0 Å². The van der Waals surface area contributed by atoms with Crippen LogP contribution in [-0.2, 0) is 0 Å². The molecule has 1 aromatic rings. The highest BCUT2D eigenvalue weighted by Gasteiger charge is 2.19. The smallest absolute Gasteiger partial charge is 0.336 e. The molecule has 0 aliphatic carbocycles. The molecule has 0 amide bonds. The van der Waals surface area contributed by atoms with Crippen molar-refractivity contribution in [3.63, 3.8) is 0 Å². The van der Waals surface area contributed by atoms with Crippen molar-refractivity contribution in [2.24, 2.45) is 0 Å². The molecule has 0 saturated heterocycles. The lowest BCUT2D eigenvalue weighted by molar-refractivity contribution is -0.530. The highest BCUT2D eigenvalue weighted by atomic mass is 16.5. The second-order valence-electron chi connectivity index (χ2n) is 4.52. The Balaban J connectivity index is 3.20. The Bertz CT molecular complexity index is 430. The molecule has 0 saturated carbocycles. The van der Waals surface area contributed by atoms with Crippen molar-refractivity contribution >= 4 is 12.2 Å². The maximum absolute atomic E-state index is 11.7. The van der Waals surface area contributed by atoms with Crippen LogP contribution >= 0.6 is 0 Å². The second kappa shape index (κ2) is 4.35. The zero-order chi connectivity index (χ0) is 12.3. The molecular weight excluding hydrogens is 206 g/mol. The van der Waals surface area contributed by atoms with E-state index in [9.17, 15) is 10.0 Å². The number of aromatic carboxylic acids is 1. The molecule has 1 N–H and O–H groups in total. The van der Waals surface area contributed by atoms with Crippen molar-refractivity contribution in [2.45, 2.75) is 26.3 Å². The van der Waals surface area contributed by atoms with Crippen LogP contribution in [0.3, 0.4) is 0 Å². The molecule has 0 radical (unpaired) electrons. The summed E-state index contributed by atoms with van der Waals surface area (Å²) in [6, 6.07) is 6.42. The van der Waals surface area contributed by atoms with Gasteiger partial charge >= 0.3 is 5.97 Å². The molecule has 0 aliphatic rings. The van der Waals surface area contributed by atoms with Gasteiger partial charge in [-0.1, -0.05) is 12.1 Å². The minimum absolute atomic E-state index is 0.132. The molecule has 1 aromatic carbocycles. The summed E-state index contributed by atoms with van der Waals surface area (Å²) in [6.45, 7) is 5.29. The maximum atomic E-state index is 11.7. The van der Waals surface area contributed by atoms with Gasteiger partial charge in [-0.25, -0.2) is 9.53 Å². The highest BCUT2D eigenvalue weighted by molar-refractivity contribution is 5.97. The fraction of sp³-hybridized carbons (Fsp3) is 0.333. The predicted octanol–water partition coefficient (Wildman–Crippen LogP) is 2.11. The first-order valence-corrected chi connectivity index (χ1v) is 4.96. The first-order chi connectivity index (χ1) is 7.32. The molecule has 0 fully saturated rings. The number of hydrogen-bond acceptors (Lipinski definition) is 2. The largest absolute Gasteiger partial charge is 0.623 e. The van der Waals surface area contributed by atoms with E-state index >= 15 is 0 Å². The van der Waals surface area contributed by atoms with E-state index < -0.39 is 11.5 Å². The lowest BCUT2D eigenvalue weighted by atomic mass is 10.1. The number of carboxylic acids is 1. The third kappa shape index (κ3) is 2.82. The quantitative estimate of drug-likeness (QED) is 0.360. The number of nitrogens with zero attached hydrogens (tertiary/aromatic N) is 1. The number of carboxylic acid groups (broad SMARTS) is 1. The van der Waals surface area contributed by atoms with Gasteiger partial charge < -0.3 is 10.3 Å². The zero-order valence-corrected chi connectivity index (χ0v) is 9.60. The topological polar surface area (TPSA) is 63.4 Å². The molecule has 0 atom stereocenters. The summed E-state index contributed by atoms with van der Waals surface area (Å²) in [5.41, 5.74) is -0.0291. The van der Waals surface area contributed by atoms with Crippen molar-refractivity contribution in [2.75, 3.05) is 0 Å². The van der Waals surface area contributed by atoms with Crippen molar-refractivity contribution in [3.8, 4) is 0 Å². The van der Waals surface area contributed by atoms with Crippen molar-refractivity contribution in [3.05, 3.63) is 40.6 Å². The van der Waals surface area contributed by atoms with E-state index in [0.29, 0.717) is 5.56 Å². The first-order valence-electron chi connectivity index (χ1n) is 4.96. The average Bonchev–Trinajstić information content (AvgIpc) is 2.16. The fourth-order valence-electron chi connectivity index (χ4n) is 1.12. The van der Waals surface area contributed by atoms with Crippen molar-refractivity contribution in [1.29, 1.82) is 0 Å². The highest BCUT2D eigenvalue weighted by Crippen LogP contribution is 2.09. The monoisotopic (exact) mass is 221 g/mol. The number of carbonyl (C=O) groups is 1. The van der Waals surface area contributed by atoms with Crippen LogP contribution in [0.25, 0.3) is 0 Å². The van der Waals surface area contributed by atoms with Crippen LogP contribution < -0.4 is 0 Å². The van der Waals surface area contributed by atoms with E-state index in [1.807, 2.05) is 0 Å². The van der Waals surface area contributed by atoms with E-state index in [1.165, 1.54) is 12.3 Å². The van der Waals surface area contributed by atoms with Crippen LogP contribution in [0.2, 0.25) is 0 Å². The number of benzene rings is 1. The summed E-state index contributed by atoms with van der Waals surface area (Å²) < 4.78 is 0.759. The lowest BCUT2D eigenvalue weighted by Gasteiger charge is -2.18. The Hall–Kier alpha value is -1.84. The van der Waals surface area contributed by atoms with Crippen LogP contribution in [0.5, 0.6) is 0 Å². The molecular formula is C12H15NO3. The van der Waals surface area contributed by atoms with Gasteiger partial charge in [0.25, 0.3) is 0 Å². The van der Waals surface area contributed by atoms with Gasteiger partial charge in [-0.15, -0.1) is 0 Å². The summed E-state index contributed by atoms with van der Waals surface area (Å²) in [6.07, 6.45) is 1.31. The van der Waals surface area contributed by atoms with Gasteiger partial charge in [-0.3, -0.25) is 0 Å². The third-order valence-corrected chi connectivity index (χ3v) is 2.11. The van der Waals surface area contributed by atoms with Crippen LogP contribution in [0, 0.1) is 5.21 Å². The molecule has 86 valence electrons. The van der Waals surface area contributed by atoms with E-state index in [-0.39, 0.29) is 5.56 Å². The minimum Gasteiger partial charge on any atom is -0.623 e. The van der Waals surface area contributed by atoms with Gasteiger partial charge in [0.2, 0.25) is 0 Å². The minimum atomic E-state index is -1.03. The fourth-order valence-corrected chi connectivity index (χ4v) is 1.12. The van der Waals surface area contributed by atoms with Crippen molar-refractivity contribution < 1.29 is 14.6 Å². The van der Waals surface area contributed by atoms with E-state index in [4.69, 9.17) is 5.11 Å². The number of rotatable bonds is 2. The van der Waals surface area contributed by atoms with Crippen LogP contribution in [-0.4, -0.2) is 27.6 Å². The molecule has 4 nitrogen and oxygen atoms in total. The predicted molar refractivity (Wildman–Crippen MR) is 61.9 cm³/mol. The lowest BCUT2D eigenvalue weighted by Crippen LogP contribution is -2.29. The summed E-state index contributed by atoms with van der Waals surface area (Å²) >= 11 is 0. The molecule has 0 aliphatic heterocycles. The summed E-state index contributed by atoms with van der Waals surface area (Å²) in [5, 5.41) is 20.6. The summed E-state index contributed by atoms with van der Waals surface area (Å²) in [7, 11) is 0. The van der Waals surface area contributed by atoms with Gasteiger partial charge in [0, 0.05) is 20.8 Å². The standard InChI is InChI=1S/C12H15NO3/c1-12(2,3)13(16)8-9-6-4-5-7-10(9)11(14)15/h4-8H,1-3H3,(H,14,15)/b13-8-. The zero-order valence-electron chi connectivity index (χ0n) is 9.60. The Labute approximate surface area is 94.4 Å². The van der Waals surface area contributed by atoms with E-state index in [2.05, 4.69) is 0 Å². The third-order valence-electron chi connectivity index (χ3n) is 2.11. The van der Waals surface area contributed by atoms with Gasteiger partial charge in [0.15, 0.2) is 11.8 Å². The number of hydroxylamine groups is 1. The SMILES string of the molecule is CC(C)(C)/[N+]([O-])=C/c1ccccc1C(=O)O. The van der Waals surface area contributed by atoms with Crippen LogP contribution in [0.4, 0.5) is 0 Å². The van der Waals surface area contributed by atoms with Gasteiger partial charge in [0.1, 0.15) is 0 Å².